The molecule has 1 N–H and O–H groups in total. The Hall–Kier alpha value is -2.76. The standard InChI is InChI=1S/C18H22N2O4/c1-4-5-10-24-15-8-6-13(11-16(15)22-2)18(21)20-14-7-9-17(23-3)19-12-14/h6-9,11-12H,4-5,10H2,1-3H3,(H,20,21). The van der Waals surface area contributed by atoms with Crippen LogP contribution in [0.1, 0.15) is 30.1 Å². The number of ether oxygens (including phenoxy) is 3. The van der Waals surface area contributed by atoms with Gasteiger partial charge in [-0.2, -0.15) is 0 Å². The lowest BCUT2D eigenvalue weighted by atomic mass is 10.2. The van der Waals surface area contributed by atoms with E-state index in [0.717, 1.165) is 12.8 Å². The normalized spacial score (nSPS) is 10.1. The molecular weight excluding hydrogens is 308 g/mol. The fourth-order valence-corrected chi connectivity index (χ4v) is 2.03. The van der Waals surface area contributed by atoms with E-state index in [-0.39, 0.29) is 5.91 Å². The maximum Gasteiger partial charge on any atom is 0.255 e. The maximum atomic E-state index is 12.3. The lowest BCUT2D eigenvalue weighted by Gasteiger charge is -2.12. The van der Waals surface area contributed by atoms with Gasteiger partial charge in [0.25, 0.3) is 5.91 Å². The van der Waals surface area contributed by atoms with E-state index in [1.165, 1.54) is 13.3 Å². The van der Waals surface area contributed by atoms with Gasteiger partial charge in [-0.05, 0) is 30.7 Å². The number of unbranched alkanes of at least 4 members (excludes halogenated alkanes) is 1. The van der Waals surface area contributed by atoms with Crippen molar-refractivity contribution in [3.63, 3.8) is 0 Å². The van der Waals surface area contributed by atoms with Crippen LogP contribution in [0.15, 0.2) is 36.5 Å². The summed E-state index contributed by atoms with van der Waals surface area (Å²) in [7, 11) is 3.09. The van der Waals surface area contributed by atoms with Gasteiger partial charge >= 0.3 is 0 Å². The molecule has 0 atom stereocenters. The minimum Gasteiger partial charge on any atom is -0.493 e. The minimum atomic E-state index is -0.250. The van der Waals surface area contributed by atoms with Crippen molar-refractivity contribution in [1.82, 2.24) is 4.98 Å². The number of nitrogens with one attached hydrogen (secondary N) is 1. The molecule has 0 unspecified atom stereocenters. The van der Waals surface area contributed by atoms with E-state index in [2.05, 4.69) is 17.2 Å². The average molecular weight is 330 g/mol. The molecule has 2 aromatic rings. The van der Waals surface area contributed by atoms with Gasteiger partial charge in [0.05, 0.1) is 32.7 Å². The summed E-state index contributed by atoms with van der Waals surface area (Å²) < 4.78 is 16.0. The number of carbonyl (C=O) groups excluding carboxylic acids is 1. The number of methoxy groups -OCH3 is 2. The number of anilines is 1. The zero-order valence-corrected chi connectivity index (χ0v) is 14.2. The molecule has 0 aliphatic rings. The molecular formula is C18H22N2O4. The highest BCUT2D eigenvalue weighted by molar-refractivity contribution is 6.04. The minimum absolute atomic E-state index is 0.250. The molecule has 1 aromatic carbocycles. The van der Waals surface area contributed by atoms with E-state index >= 15 is 0 Å². The molecule has 0 radical (unpaired) electrons. The van der Waals surface area contributed by atoms with Gasteiger partial charge in [-0.1, -0.05) is 13.3 Å². The van der Waals surface area contributed by atoms with Crippen LogP contribution in [0.4, 0.5) is 5.69 Å². The van der Waals surface area contributed by atoms with Crippen LogP contribution in [-0.4, -0.2) is 31.7 Å². The second-order valence-electron chi connectivity index (χ2n) is 5.11. The van der Waals surface area contributed by atoms with Crippen molar-refractivity contribution < 1.29 is 19.0 Å². The summed E-state index contributed by atoms with van der Waals surface area (Å²) in [5.41, 5.74) is 1.06. The van der Waals surface area contributed by atoms with E-state index in [1.54, 1.807) is 37.4 Å². The third-order valence-corrected chi connectivity index (χ3v) is 3.38. The monoisotopic (exact) mass is 330 g/mol. The molecule has 6 heteroatoms. The Labute approximate surface area is 141 Å². The summed E-state index contributed by atoms with van der Waals surface area (Å²) in [6.07, 6.45) is 3.56. The molecule has 1 heterocycles. The van der Waals surface area contributed by atoms with E-state index in [1.807, 2.05) is 0 Å². The van der Waals surface area contributed by atoms with Crippen LogP contribution in [0.5, 0.6) is 17.4 Å². The van der Waals surface area contributed by atoms with Gasteiger partial charge in [0, 0.05) is 11.6 Å². The third-order valence-electron chi connectivity index (χ3n) is 3.38. The van der Waals surface area contributed by atoms with Crippen LogP contribution in [0.2, 0.25) is 0 Å². The Kier molecular flexibility index (Phi) is 6.42. The van der Waals surface area contributed by atoms with Gasteiger partial charge in [-0.3, -0.25) is 4.79 Å². The highest BCUT2D eigenvalue weighted by atomic mass is 16.5. The quantitative estimate of drug-likeness (QED) is 0.750. The van der Waals surface area contributed by atoms with E-state index in [4.69, 9.17) is 14.2 Å². The topological polar surface area (TPSA) is 69.7 Å². The summed E-state index contributed by atoms with van der Waals surface area (Å²) in [5, 5.41) is 2.78. The molecule has 6 nitrogen and oxygen atoms in total. The lowest BCUT2D eigenvalue weighted by Crippen LogP contribution is -2.12. The molecule has 0 saturated carbocycles. The molecule has 0 aliphatic heterocycles. The van der Waals surface area contributed by atoms with Crippen LogP contribution in [-0.2, 0) is 0 Å². The van der Waals surface area contributed by atoms with Gasteiger partial charge in [0.1, 0.15) is 0 Å². The predicted molar refractivity (Wildman–Crippen MR) is 92.1 cm³/mol. The van der Waals surface area contributed by atoms with Crippen LogP contribution in [0.25, 0.3) is 0 Å². The molecule has 0 aliphatic carbocycles. The molecule has 1 aromatic heterocycles. The first-order valence-corrected chi connectivity index (χ1v) is 7.80. The number of carbonyl (C=O) groups is 1. The number of amides is 1. The van der Waals surface area contributed by atoms with Crippen molar-refractivity contribution in [1.29, 1.82) is 0 Å². The Morgan fingerprint density at radius 3 is 2.58 bits per heavy atom. The van der Waals surface area contributed by atoms with E-state index in [0.29, 0.717) is 35.2 Å². The molecule has 0 bridgehead atoms. The Morgan fingerprint density at radius 2 is 1.96 bits per heavy atom. The van der Waals surface area contributed by atoms with Crippen molar-refractivity contribution >= 4 is 11.6 Å². The maximum absolute atomic E-state index is 12.3. The number of nitrogens with zero attached hydrogens (tertiary/aromatic N) is 1. The van der Waals surface area contributed by atoms with E-state index in [9.17, 15) is 4.79 Å². The van der Waals surface area contributed by atoms with Crippen molar-refractivity contribution in [2.24, 2.45) is 0 Å². The molecule has 2 rings (SSSR count). The van der Waals surface area contributed by atoms with Crippen LogP contribution < -0.4 is 19.5 Å². The highest BCUT2D eigenvalue weighted by Gasteiger charge is 2.12. The molecule has 1 amide bonds. The second kappa shape index (κ2) is 8.76. The molecule has 0 fully saturated rings. The van der Waals surface area contributed by atoms with Crippen LogP contribution >= 0.6 is 0 Å². The number of hydrogen-bond acceptors (Lipinski definition) is 5. The second-order valence-corrected chi connectivity index (χ2v) is 5.11. The van der Waals surface area contributed by atoms with Crippen molar-refractivity contribution in [2.75, 3.05) is 26.1 Å². The average Bonchev–Trinajstić information content (AvgIpc) is 2.62. The molecule has 0 spiro atoms. The van der Waals surface area contributed by atoms with Crippen molar-refractivity contribution in [3.05, 3.63) is 42.1 Å². The molecule has 128 valence electrons. The van der Waals surface area contributed by atoms with Crippen LogP contribution in [0.3, 0.4) is 0 Å². The first kappa shape index (κ1) is 17.6. The smallest absolute Gasteiger partial charge is 0.255 e. The first-order chi connectivity index (χ1) is 11.7. The van der Waals surface area contributed by atoms with Gasteiger partial charge < -0.3 is 19.5 Å². The number of hydrogen-bond donors (Lipinski definition) is 1. The Bertz CT molecular complexity index is 671. The third kappa shape index (κ3) is 4.62. The molecule has 24 heavy (non-hydrogen) atoms. The summed E-state index contributed by atoms with van der Waals surface area (Å²) in [4.78, 5) is 16.4. The summed E-state index contributed by atoms with van der Waals surface area (Å²) in [6, 6.07) is 8.52. The molecule has 0 saturated heterocycles. The van der Waals surface area contributed by atoms with Crippen molar-refractivity contribution in [3.8, 4) is 17.4 Å². The number of pyridine rings is 1. The van der Waals surface area contributed by atoms with Gasteiger partial charge in [0.15, 0.2) is 11.5 Å². The summed E-state index contributed by atoms with van der Waals surface area (Å²) in [5.74, 6) is 1.41. The SMILES string of the molecule is CCCCOc1ccc(C(=O)Nc2ccc(OC)nc2)cc1OC. The van der Waals surface area contributed by atoms with Crippen molar-refractivity contribution in [2.45, 2.75) is 19.8 Å². The van der Waals surface area contributed by atoms with Gasteiger partial charge in [-0.25, -0.2) is 4.98 Å². The first-order valence-electron chi connectivity index (χ1n) is 7.80. The number of aromatic nitrogens is 1. The largest absolute Gasteiger partial charge is 0.493 e. The number of rotatable bonds is 8. The van der Waals surface area contributed by atoms with Gasteiger partial charge in [0.2, 0.25) is 5.88 Å². The van der Waals surface area contributed by atoms with E-state index < -0.39 is 0 Å². The zero-order chi connectivity index (χ0) is 17.4. The lowest BCUT2D eigenvalue weighted by molar-refractivity contribution is 0.102. The Balaban J connectivity index is 2.08. The fourth-order valence-electron chi connectivity index (χ4n) is 2.03. The highest BCUT2D eigenvalue weighted by Crippen LogP contribution is 2.28. The van der Waals surface area contributed by atoms with Gasteiger partial charge in [-0.15, -0.1) is 0 Å². The Morgan fingerprint density at radius 1 is 1.12 bits per heavy atom. The zero-order valence-electron chi connectivity index (χ0n) is 14.2. The number of benzene rings is 1. The van der Waals surface area contributed by atoms with Crippen LogP contribution in [0, 0.1) is 0 Å². The predicted octanol–water partition coefficient (Wildman–Crippen LogP) is 3.53. The fraction of sp³-hybridized carbons (Fsp3) is 0.333. The summed E-state index contributed by atoms with van der Waals surface area (Å²) in [6.45, 7) is 2.72. The summed E-state index contributed by atoms with van der Waals surface area (Å²) >= 11 is 0.